The third-order valence-corrected chi connectivity index (χ3v) is 3.72. The predicted molar refractivity (Wildman–Crippen MR) is 93.8 cm³/mol. The highest BCUT2D eigenvalue weighted by atomic mass is 16.5. The van der Waals surface area contributed by atoms with E-state index >= 15 is 0 Å². The van der Waals surface area contributed by atoms with Crippen LogP contribution in [0.2, 0.25) is 0 Å². The van der Waals surface area contributed by atoms with Gasteiger partial charge >= 0.3 is 6.03 Å². The molecular formula is C19H19N3O2. The second kappa shape index (κ2) is 7.46. The summed E-state index contributed by atoms with van der Waals surface area (Å²) in [6.07, 6.45) is 1.71. The molecule has 3 aromatic rings. The summed E-state index contributed by atoms with van der Waals surface area (Å²) in [7, 11) is 1.66. The first-order valence-corrected chi connectivity index (χ1v) is 7.73. The van der Waals surface area contributed by atoms with Gasteiger partial charge in [-0.05, 0) is 46.7 Å². The average Bonchev–Trinajstić information content (AvgIpc) is 2.65. The zero-order valence-corrected chi connectivity index (χ0v) is 13.5. The fraction of sp³-hybridized carbons (Fsp3) is 0.158. The molecule has 0 atom stereocenters. The number of benzene rings is 2. The largest absolute Gasteiger partial charge is 0.497 e. The van der Waals surface area contributed by atoms with Gasteiger partial charge in [-0.15, -0.1) is 0 Å². The Bertz CT molecular complexity index is 834. The van der Waals surface area contributed by atoms with Gasteiger partial charge in [0.1, 0.15) is 5.75 Å². The Morgan fingerprint density at radius 2 is 1.79 bits per heavy atom. The third kappa shape index (κ3) is 4.01. The molecule has 24 heavy (non-hydrogen) atoms. The summed E-state index contributed by atoms with van der Waals surface area (Å²) in [5.41, 5.74) is 1.87. The maximum Gasteiger partial charge on any atom is 0.315 e. The van der Waals surface area contributed by atoms with Gasteiger partial charge in [0.2, 0.25) is 0 Å². The molecule has 0 aliphatic rings. The van der Waals surface area contributed by atoms with Gasteiger partial charge in [0, 0.05) is 12.7 Å². The van der Waals surface area contributed by atoms with Gasteiger partial charge < -0.3 is 15.4 Å². The molecule has 5 heteroatoms. The number of fused-ring (bicyclic) bond motifs is 1. The number of nitrogens with zero attached hydrogens (tertiary/aromatic N) is 1. The lowest BCUT2D eigenvalue weighted by molar-refractivity contribution is 0.240. The van der Waals surface area contributed by atoms with Crippen LogP contribution in [0.15, 0.2) is 60.8 Å². The van der Waals surface area contributed by atoms with E-state index < -0.39 is 0 Å². The smallest absolute Gasteiger partial charge is 0.315 e. The summed E-state index contributed by atoms with van der Waals surface area (Å²) in [6.45, 7) is 0.875. The molecule has 1 heterocycles. The molecule has 0 radical (unpaired) electrons. The molecule has 0 aliphatic heterocycles. The van der Waals surface area contributed by atoms with E-state index in [0.29, 0.717) is 13.1 Å². The van der Waals surface area contributed by atoms with Crippen LogP contribution < -0.4 is 15.4 Å². The molecular weight excluding hydrogens is 302 g/mol. The third-order valence-electron chi connectivity index (χ3n) is 3.72. The minimum absolute atomic E-state index is 0.213. The van der Waals surface area contributed by atoms with E-state index in [4.69, 9.17) is 4.74 Å². The average molecular weight is 321 g/mol. The molecule has 0 fully saturated rings. The Hall–Kier alpha value is -3.08. The van der Waals surface area contributed by atoms with Gasteiger partial charge in [-0.3, -0.25) is 4.98 Å². The summed E-state index contributed by atoms with van der Waals surface area (Å²) >= 11 is 0. The maximum atomic E-state index is 11.9. The highest BCUT2D eigenvalue weighted by Crippen LogP contribution is 2.21. The van der Waals surface area contributed by atoms with Crippen LogP contribution in [0.25, 0.3) is 10.8 Å². The number of ether oxygens (including phenoxy) is 1. The number of urea groups is 1. The van der Waals surface area contributed by atoms with Crippen molar-refractivity contribution in [3.05, 3.63) is 72.1 Å². The van der Waals surface area contributed by atoms with Gasteiger partial charge in [0.05, 0.1) is 19.3 Å². The molecule has 122 valence electrons. The van der Waals surface area contributed by atoms with Crippen molar-refractivity contribution in [1.29, 1.82) is 0 Å². The molecule has 1 aromatic heterocycles. The van der Waals surface area contributed by atoms with Crippen LogP contribution in [0.3, 0.4) is 0 Å². The molecule has 5 nitrogen and oxygen atoms in total. The van der Waals surface area contributed by atoms with Crippen molar-refractivity contribution in [3.8, 4) is 5.75 Å². The second-order valence-electron chi connectivity index (χ2n) is 5.40. The Balaban J connectivity index is 1.56. The number of rotatable bonds is 5. The summed E-state index contributed by atoms with van der Waals surface area (Å²) in [5, 5.41) is 7.87. The van der Waals surface area contributed by atoms with Crippen LogP contribution >= 0.6 is 0 Å². The van der Waals surface area contributed by atoms with E-state index in [9.17, 15) is 4.79 Å². The number of pyridine rings is 1. The molecule has 0 saturated carbocycles. The normalized spacial score (nSPS) is 10.4. The lowest BCUT2D eigenvalue weighted by Crippen LogP contribution is -2.34. The summed E-state index contributed by atoms with van der Waals surface area (Å²) in [6, 6.07) is 17.4. The molecule has 0 unspecified atom stereocenters. The Morgan fingerprint density at radius 3 is 2.58 bits per heavy atom. The van der Waals surface area contributed by atoms with Gasteiger partial charge in [-0.1, -0.05) is 24.3 Å². The minimum atomic E-state index is -0.213. The highest BCUT2D eigenvalue weighted by Gasteiger charge is 2.03. The Kier molecular flexibility index (Phi) is 4.91. The van der Waals surface area contributed by atoms with E-state index in [1.807, 2.05) is 48.5 Å². The first-order valence-electron chi connectivity index (χ1n) is 7.73. The van der Waals surface area contributed by atoms with Crippen LogP contribution in [0.5, 0.6) is 5.75 Å². The summed E-state index contributed by atoms with van der Waals surface area (Å²) in [4.78, 5) is 16.0. The van der Waals surface area contributed by atoms with Crippen LogP contribution in [0.4, 0.5) is 4.79 Å². The molecule has 2 aromatic carbocycles. The molecule has 0 bridgehead atoms. The van der Waals surface area contributed by atoms with Crippen molar-refractivity contribution in [3.63, 3.8) is 0 Å². The van der Waals surface area contributed by atoms with Crippen molar-refractivity contribution in [2.24, 2.45) is 0 Å². The number of amides is 2. The van der Waals surface area contributed by atoms with E-state index in [2.05, 4.69) is 21.7 Å². The standard InChI is InChI=1S/C19H19N3O2/c1-24-18-8-7-15-10-14(5-6-16(15)11-18)12-21-19(23)22-13-17-4-2-3-9-20-17/h2-11H,12-13H2,1H3,(H2,21,22,23). The fourth-order valence-electron chi connectivity index (χ4n) is 2.43. The number of aromatic nitrogens is 1. The first kappa shape index (κ1) is 15.8. The van der Waals surface area contributed by atoms with Gasteiger partial charge in [-0.2, -0.15) is 0 Å². The van der Waals surface area contributed by atoms with Crippen LogP contribution in [-0.2, 0) is 13.1 Å². The van der Waals surface area contributed by atoms with Crippen molar-refractivity contribution >= 4 is 16.8 Å². The molecule has 0 saturated heterocycles. The molecule has 0 aliphatic carbocycles. The summed E-state index contributed by atoms with van der Waals surface area (Å²) in [5.74, 6) is 0.835. The van der Waals surface area contributed by atoms with Crippen molar-refractivity contribution in [2.75, 3.05) is 7.11 Å². The fourth-order valence-corrected chi connectivity index (χ4v) is 2.43. The maximum absolute atomic E-state index is 11.9. The number of carbonyl (C=O) groups is 1. The first-order chi connectivity index (χ1) is 11.7. The molecule has 0 spiro atoms. The Labute approximate surface area is 140 Å². The number of hydrogen-bond donors (Lipinski definition) is 2. The van der Waals surface area contributed by atoms with Crippen LogP contribution in [0, 0.1) is 0 Å². The van der Waals surface area contributed by atoms with Crippen LogP contribution in [-0.4, -0.2) is 18.1 Å². The molecule has 3 rings (SSSR count). The zero-order valence-electron chi connectivity index (χ0n) is 13.5. The van der Waals surface area contributed by atoms with E-state index in [0.717, 1.165) is 27.8 Å². The minimum Gasteiger partial charge on any atom is -0.497 e. The quantitative estimate of drug-likeness (QED) is 0.758. The van der Waals surface area contributed by atoms with Gasteiger partial charge in [-0.25, -0.2) is 4.79 Å². The van der Waals surface area contributed by atoms with Crippen LogP contribution in [0.1, 0.15) is 11.3 Å². The zero-order chi connectivity index (χ0) is 16.8. The van der Waals surface area contributed by atoms with Gasteiger partial charge in [0.25, 0.3) is 0 Å². The Morgan fingerprint density at radius 1 is 1.00 bits per heavy atom. The van der Waals surface area contributed by atoms with E-state index in [1.54, 1.807) is 13.3 Å². The number of nitrogens with one attached hydrogen (secondary N) is 2. The van der Waals surface area contributed by atoms with Gasteiger partial charge in [0.15, 0.2) is 0 Å². The van der Waals surface area contributed by atoms with Crippen molar-refractivity contribution < 1.29 is 9.53 Å². The number of methoxy groups -OCH3 is 1. The number of hydrogen-bond acceptors (Lipinski definition) is 3. The summed E-state index contributed by atoms with van der Waals surface area (Å²) < 4.78 is 5.22. The monoisotopic (exact) mass is 321 g/mol. The number of carbonyl (C=O) groups excluding carboxylic acids is 1. The highest BCUT2D eigenvalue weighted by molar-refractivity contribution is 5.84. The predicted octanol–water partition coefficient (Wildman–Crippen LogP) is 3.24. The lowest BCUT2D eigenvalue weighted by Gasteiger charge is -2.09. The van der Waals surface area contributed by atoms with E-state index in [-0.39, 0.29) is 6.03 Å². The molecule has 2 N–H and O–H groups in total. The topological polar surface area (TPSA) is 63.2 Å². The second-order valence-corrected chi connectivity index (χ2v) is 5.40. The van der Waals surface area contributed by atoms with Crippen molar-refractivity contribution in [1.82, 2.24) is 15.6 Å². The lowest BCUT2D eigenvalue weighted by atomic mass is 10.1. The SMILES string of the molecule is COc1ccc2cc(CNC(=O)NCc3ccccn3)ccc2c1. The van der Waals surface area contributed by atoms with Crippen molar-refractivity contribution in [2.45, 2.75) is 13.1 Å². The van der Waals surface area contributed by atoms with E-state index in [1.165, 1.54) is 0 Å². The molecule has 2 amide bonds.